The fraction of sp³-hybridized carbons (Fsp3) is 0.286. The van der Waals surface area contributed by atoms with Crippen molar-refractivity contribution < 1.29 is 4.79 Å². The minimum atomic E-state index is -0.160. The standard InChI is InChI=1S/C21H23N5O/c1-15-13-18(16(2)26(15)20-7-3-4-10-22-20)21(27)24-19-9-8-17(14-23-19)25-11-5-6-12-25/h3-4,7-10,13-14H,5-6,11-12H2,1-2H3,(H,23,24,27). The van der Waals surface area contributed by atoms with E-state index in [1.807, 2.05) is 61.0 Å². The van der Waals surface area contributed by atoms with Crippen LogP contribution in [0.25, 0.3) is 5.82 Å². The van der Waals surface area contributed by atoms with E-state index in [-0.39, 0.29) is 5.91 Å². The van der Waals surface area contributed by atoms with Crippen LogP contribution < -0.4 is 10.2 Å². The molecule has 6 heteroatoms. The molecule has 3 aromatic rings. The van der Waals surface area contributed by atoms with Crippen molar-refractivity contribution in [2.45, 2.75) is 26.7 Å². The summed E-state index contributed by atoms with van der Waals surface area (Å²) < 4.78 is 1.98. The quantitative estimate of drug-likeness (QED) is 0.769. The van der Waals surface area contributed by atoms with Crippen LogP contribution in [-0.2, 0) is 0 Å². The van der Waals surface area contributed by atoms with Gasteiger partial charge in [-0.2, -0.15) is 0 Å². The van der Waals surface area contributed by atoms with E-state index in [0.29, 0.717) is 11.4 Å². The van der Waals surface area contributed by atoms with Gasteiger partial charge in [0.25, 0.3) is 5.91 Å². The molecular weight excluding hydrogens is 338 g/mol. The summed E-state index contributed by atoms with van der Waals surface area (Å²) in [6.45, 7) is 6.06. The van der Waals surface area contributed by atoms with E-state index in [0.717, 1.165) is 36.0 Å². The Bertz CT molecular complexity index is 941. The number of nitrogens with one attached hydrogen (secondary N) is 1. The molecule has 1 aliphatic heterocycles. The van der Waals surface area contributed by atoms with Gasteiger partial charge in [-0.05, 0) is 57.0 Å². The molecule has 1 aliphatic rings. The normalized spacial score (nSPS) is 13.8. The molecule has 1 saturated heterocycles. The summed E-state index contributed by atoms with van der Waals surface area (Å²) in [5.41, 5.74) is 3.56. The lowest BCUT2D eigenvalue weighted by atomic mass is 10.2. The molecule has 1 amide bonds. The maximum absolute atomic E-state index is 12.8. The molecule has 0 unspecified atom stereocenters. The highest BCUT2D eigenvalue weighted by Gasteiger charge is 2.18. The van der Waals surface area contributed by atoms with E-state index in [1.165, 1.54) is 12.8 Å². The molecule has 0 radical (unpaired) electrons. The number of hydrogen-bond donors (Lipinski definition) is 1. The summed E-state index contributed by atoms with van der Waals surface area (Å²) in [6.07, 6.45) is 6.03. The van der Waals surface area contributed by atoms with Gasteiger partial charge in [-0.15, -0.1) is 0 Å². The second-order valence-electron chi connectivity index (χ2n) is 6.86. The molecule has 0 atom stereocenters. The number of amides is 1. The molecule has 0 spiro atoms. The summed E-state index contributed by atoms with van der Waals surface area (Å²) in [7, 11) is 0. The molecule has 0 aromatic carbocycles. The molecule has 4 rings (SSSR count). The van der Waals surface area contributed by atoms with Crippen LogP contribution in [0.3, 0.4) is 0 Å². The molecule has 4 heterocycles. The first-order valence-corrected chi connectivity index (χ1v) is 9.26. The smallest absolute Gasteiger partial charge is 0.258 e. The first-order chi connectivity index (χ1) is 13.1. The zero-order valence-electron chi connectivity index (χ0n) is 15.6. The number of nitrogens with zero attached hydrogens (tertiary/aromatic N) is 4. The Morgan fingerprint density at radius 2 is 1.89 bits per heavy atom. The topological polar surface area (TPSA) is 63.1 Å². The highest BCUT2D eigenvalue weighted by molar-refractivity contribution is 6.05. The van der Waals surface area contributed by atoms with Crippen LogP contribution in [-0.4, -0.2) is 33.5 Å². The number of carbonyl (C=O) groups excluding carboxylic acids is 1. The lowest BCUT2D eigenvalue weighted by Crippen LogP contribution is -2.18. The van der Waals surface area contributed by atoms with Crippen molar-refractivity contribution in [1.82, 2.24) is 14.5 Å². The minimum absolute atomic E-state index is 0.160. The number of carbonyl (C=O) groups is 1. The molecule has 138 valence electrons. The second kappa shape index (κ2) is 7.23. The van der Waals surface area contributed by atoms with E-state index in [1.54, 1.807) is 6.20 Å². The fourth-order valence-corrected chi connectivity index (χ4v) is 3.64. The fourth-order valence-electron chi connectivity index (χ4n) is 3.64. The number of pyridine rings is 2. The van der Waals surface area contributed by atoms with Crippen molar-refractivity contribution in [3.05, 3.63) is 65.7 Å². The Labute approximate surface area is 158 Å². The van der Waals surface area contributed by atoms with Gasteiger partial charge < -0.3 is 14.8 Å². The van der Waals surface area contributed by atoms with E-state index >= 15 is 0 Å². The maximum atomic E-state index is 12.8. The van der Waals surface area contributed by atoms with Gasteiger partial charge in [-0.1, -0.05) is 6.07 Å². The van der Waals surface area contributed by atoms with Gasteiger partial charge in [0.15, 0.2) is 0 Å². The third-order valence-electron chi connectivity index (χ3n) is 5.01. The van der Waals surface area contributed by atoms with Crippen molar-refractivity contribution >= 4 is 17.4 Å². The lowest BCUT2D eigenvalue weighted by molar-refractivity contribution is 0.102. The van der Waals surface area contributed by atoms with Crippen LogP contribution in [0.1, 0.15) is 34.6 Å². The van der Waals surface area contributed by atoms with E-state index in [4.69, 9.17) is 0 Å². The summed E-state index contributed by atoms with van der Waals surface area (Å²) in [5.74, 6) is 1.21. The summed E-state index contributed by atoms with van der Waals surface area (Å²) >= 11 is 0. The number of aryl methyl sites for hydroxylation is 1. The Morgan fingerprint density at radius 1 is 1.07 bits per heavy atom. The molecule has 0 saturated carbocycles. The molecule has 6 nitrogen and oxygen atoms in total. The number of hydrogen-bond acceptors (Lipinski definition) is 4. The predicted octanol–water partition coefficient (Wildman–Crippen LogP) is 3.74. The van der Waals surface area contributed by atoms with Crippen LogP contribution in [0.5, 0.6) is 0 Å². The van der Waals surface area contributed by atoms with Crippen LogP contribution >= 0.6 is 0 Å². The van der Waals surface area contributed by atoms with Crippen LogP contribution in [0.4, 0.5) is 11.5 Å². The van der Waals surface area contributed by atoms with Crippen molar-refractivity contribution in [1.29, 1.82) is 0 Å². The van der Waals surface area contributed by atoms with Gasteiger partial charge in [0, 0.05) is 30.7 Å². The largest absolute Gasteiger partial charge is 0.370 e. The molecule has 0 aliphatic carbocycles. The molecule has 1 fully saturated rings. The van der Waals surface area contributed by atoms with E-state index < -0.39 is 0 Å². The van der Waals surface area contributed by atoms with Gasteiger partial charge in [-0.25, -0.2) is 9.97 Å². The van der Waals surface area contributed by atoms with Crippen LogP contribution in [0, 0.1) is 13.8 Å². The molecule has 27 heavy (non-hydrogen) atoms. The van der Waals surface area contributed by atoms with Gasteiger partial charge in [0.1, 0.15) is 11.6 Å². The molecule has 1 N–H and O–H groups in total. The predicted molar refractivity (Wildman–Crippen MR) is 107 cm³/mol. The highest BCUT2D eigenvalue weighted by atomic mass is 16.1. The summed E-state index contributed by atoms with van der Waals surface area (Å²) in [5, 5.41) is 2.91. The second-order valence-corrected chi connectivity index (χ2v) is 6.86. The van der Waals surface area contributed by atoms with Crippen LogP contribution in [0.2, 0.25) is 0 Å². The third-order valence-corrected chi connectivity index (χ3v) is 5.01. The average Bonchev–Trinajstić information content (AvgIpc) is 3.31. The number of anilines is 2. The number of rotatable bonds is 4. The number of aromatic nitrogens is 3. The van der Waals surface area contributed by atoms with Gasteiger partial charge in [0.05, 0.1) is 17.4 Å². The Kier molecular flexibility index (Phi) is 4.62. The first kappa shape index (κ1) is 17.3. The third kappa shape index (κ3) is 3.43. The monoisotopic (exact) mass is 361 g/mol. The van der Waals surface area contributed by atoms with Gasteiger partial charge in [-0.3, -0.25) is 4.79 Å². The van der Waals surface area contributed by atoms with Crippen molar-refractivity contribution in [2.24, 2.45) is 0 Å². The average molecular weight is 361 g/mol. The first-order valence-electron chi connectivity index (χ1n) is 9.26. The summed E-state index contributed by atoms with van der Waals surface area (Å²) in [4.78, 5) is 23.9. The Hall–Kier alpha value is -3.15. The Balaban J connectivity index is 1.53. The SMILES string of the molecule is Cc1cc(C(=O)Nc2ccc(N3CCCC3)cn2)c(C)n1-c1ccccn1. The van der Waals surface area contributed by atoms with Crippen molar-refractivity contribution in [3.8, 4) is 5.82 Å². The van der Waals surface area contributed by atoms with Crippen LogP contribution in [0.15, 0.2) is 48.8 Å². The minimum Gasteiger partial charge on any atom is -0.370 e. The van der Waals surface area contributed by atoms with Crippen molar-refractivity contribution in [2.75, 3.05) is 23.3 Å². The zero-order chi connectivity index (χ0) is 18.8. The van der Waals surface area contributed by atoms with Crippen molar-refractivity contribution in [3.63, 3.8) is 0 Å². The summed E-state index contributed by atoms with van der Waals surface area (Å²) in [6, 6.07) is 11.5. The van der Waals surface area contributed by atoms with E-state index in [9.17, 15) is 4.79 Å². The zero-order valence-corrected chi connectivity index (χ0v) is 15.6. The molecule has 0 bridgehead atoms. The molecular formula is C21H23N5O. The van der Waals surface area contributed by atoms with Gasteiger partial charge in [0.2, 0.25) is 0 Å². The molecule has 3 aromatic heterocycles. The Morgan fingerprint density at radius 3 is 2.56 bits per heavy atom. The highest BCUT2D eigenvalue weighted by Crippen LogP contribution is 2.22. The maximum Gasteiger partial charge on any atom is 0.258 e. The van der Waals surface area contributed by atoms with Gasteiger partial charge >= 0.3 is 0 Å². The lowest BCUT2D eigenvalue weighted by Gasteiger charge is -2.17. The van der Waals surface area contributed by atoms with E-state index in [2.05, 4.69) is 20.2 Å².